The number of carbonyl (C=O) groups is 17. The highest BCUT2D eigenvalue weighted by Crippen LogP contribution is 2.17. The van der Waals surface area contributed by atoms with Gasteiger partial charge in [0, 0.05) is 6.42 Å². The van der Waals surface area contributed by atoms with Gasteiger partial charge in [-0.05, 0) is 178 Å². The first kappa shape index (κ1) is 103. The predicted molar refractivity (Wildman–Crippen MR) is 421 cm³/mol. The highest BCUT2D eigenvalue weighted by atomic mass is 16.4. The smallest absolute Gasteiger partial charge is 0.326 e. The maximum atomic E-state index is 14.6. The molecule has 39 heteroatoms. The van der Waals surface area contributed by atoms with Crippen LogP contribution in [0, 0.1) is 35.5 Å². The van der Waals surface area contributed by atoms with Crippen molar-refractivity contribution in [3.05, 3.63) is 0 Å². The minimum absolute atomic E-state index is 0.00450. The topological polar surface area (TPSA) is 635 Å². The third kappa shape index (κ3) is 41.2. The summed E-state index contributed by atoms with van der Waals surface area (Å²) in [6.07, 6.45) is 2.06. The van der Waals surface area contributed by atoms with E-state index in [1.54, 1.807) is 27.7 Å². The first-order chi connectivity index (χ1) is 53.5. The lowest BCUT2D eigenvalue weighted by molar-refractivity contribution is -0.147. The number of hydrogen-bond acceptors (Lipinski definition) is 22. The van der Waals surface area contributed by atoms with Crippen LogP contribution < -0.4 is 103 Å². The van der Waals surface area contributed by atoms with E-state index in [2.05, 4.69) is 79.8 Å². The molecule has 650 valence electrons. The van der Waals surface area contributed by atoms with Crippen LogP contribution >= 0.6 is 0 Å². The van der Waals surface area contributed by atoms with Gasteiger partial charge < -0.3 is 118 Å². The quantitative estimate of drug-likeness (QED) is 0.0260. The fourth-order valence-corrected chi connectivity index (χ4v) is 12.3. The van der Waals surface area contributed by atoms with Crippen LogP contribution in [-0.2, 0) is 81.5 Å². The lowest BCUT2D eigenvalue weighted by atomic mass is 9.98. The van der Waals surface area contributed by atoms with Crippen molar-refractivity contribution >= 4 is 101 Å². The van der Waals surface area contributed by atoms with Gasteiger partial charge in [0.2, 0.25) is 88.6 Å². The number of nitrogens with two attached hydrogens (primary N) is 4. The third-order valence-electron chi connectivity index (χ3n) is 18.4. The van der Waals surface area contributed by atoms with Crippen LogP contribution in [0.5, 0.6) is 0 Å². The van der Waals surface area contributed by atoms with E-state index in [0.717, 1.165) is 6.42 Å². The van der Waals surface area contributed by atoms with E-state index in [-0.39, 0.29) is 113 Å². The number of amides is 15. The maximum absolute atomic E-state index is 14.6. The summed E-state index contributed by atoms with van der Waals surface area (Å²) in [6, 6.07) is -18.7. The summed E-state index contributed by atoms with van der Waals surface area (Å²) < 4.78 is 0. The van der Waals surface area contributed by atoms with Crippen molar-refractivity contribution in [3.8, 4) is 0 Å². The molecule has 14 atom stereocenters. The Morgan fingerprint density at radius 2 is 0.693 bits per heavy atom. The highest BCUT2D eigenvalue weighted by Gasteiger charge is 2.39. The number of aliphatic carboxylic acids is 2. The fraction of sp³-hybridized carbons (Fsp3) is 0.773. The van der Waals surface area contributed by atoms with Crippen LogP contribution in [0.15, 0.2) is 0 Å². The molecule has 114 heavy (non-hydrogen) atoms. The number of carboxylic acids is 2. The van der Waals surface area contributed by atoms with E-state index in [0.29, 0.717) is 45.1 Å². The number of carboxylic acid groups (broad SMARTS) is 2. The summed E-state index contributed by atoms with van der Waals surface area (Å²) in [5, 5.41) is 68.2. The summed E-state index contributed by atoms with van der Waals surface area (Å²) in [7, 11) is 0. The Bertz CT molecular complexity index is 3150. The SMILES string of the molecule is CC(C)CC(NC(=O)C1CCCN1)C(=O)NC(CC(C)C)C(=O)NC(CC(C)C)C(=O)NC(CCCCN)C(=O)NC(CC(C)C)C(=O)NC(CC(C)C)C(=O)NC(CCCCN)C(=O)NC(CO)C(=O)NC(C(=O)NCC(=O)NC(C)C(=O)NC(CCC(N)=O)C(=O)NC(CCCCN)C(=O)NC(CC(=O)O)C(=O)O)C(C)C. The number of unbranched alkanes of at least 4 members (excludes halogenated alkanes) is 3. The minimum Gasteiger partial charge on any atom is -0.481 e. The molecule has 1 heterocycles. The Kier molecular flexibility index (Phi) is 49.2. The molecule has 0 aromatic rings. The molecule has 0 aliphatic carbocycles. The Hall–Kier alpha value is -9.21. The lowest BCUT2D eigenvalue weighted by Crippen LogP contribution is -2.61. The van der Waals surface area contributed by atoms with E-state index >= 15 is 0 Å². The largest absolute Gasteiger partial charge is 0.481 e. The van der Waals surface area contributed by atoms with Gasteiger partial charge in [-0.2, -0.15) is 0 Å². The summed E-state index contributed by atoms with van der Waals surface area (Å²) in [5.74, 6) is -17.3. The summed E-state index contributed by atoms with van der Waals surface area (Å²) in [4.78, 5) is 230. The monoisotopic (exact) mass is 1620 g/mol. The van der Waals surface area contributed by atoms with Gasteiger partial charge in [-0.15, -0.1) is 0 Å². The van der Waals surface area contributed by atoms with Crippen LogP contribution in [0.2, 0.25) is 0 Å². The third-order valence-corrected chi connectivity index (χ3v) is 18.4. The molecule has 1 aliphatic rings. The van der Waals surface area contributed by atoms with E-state index < -0.39 is 218 Å². The first-order valence-electron chi connectivity index (χ1n) is 39.9. The van der Waals surface area contributed by atoms with Gasteiger partial charge >= 0.3 is 11.9 Å². The van der Waals surface area contributed by atoms with Crippen molar-refractivity contribution in [1.29, 1.82) is 0 Å². The second-order valence-corrected chi connectivity index (χ2v) is 31.7. The molecule has 0 aromatic carbocycles. The fourth-order valence-electron chi connectivity index (χ4n) is 12.3. The molecule has 1 rings (SSSR count). The molecule has 39 nitrogen and oxygen atoms in total. The second kappa shape index (κ2) is 54.5. The lowest BCUT2D eigenvalue weighted by Gasteiger charge is -2.29. The van der Waals surface area contributed by atoms with Gasteiger partial charge in [0.25, 0.3) is 0 Å². The standard InChI is InChI=1S/C75H135N19O20/c1-39(2)31-51(90-72(110)55(35-43(9)10)91-70(108)53(33-41(5)6)87-63(101)46-24-20-30-80-46)68(106)85-47(21-14-17-27-76)64(102)88-54(34-42(7)8)71(109)89-52(32-40(3)4)69(107)86-49(23-16-19-29-78)66(104)93-57(38-95)73(111)94-61(44(11)12)74(112)81-37-59(97)82-45(13)62(100)83-50(25-26-58(79)96)67(105)84-48(22-15-18-28-77)65(103)92-56(75(113)114)36-60(98)99/h39-57,61,80,95H,14-38,76-78H2,1-13H3,(H2,79,96)(H,81,112)(H,82,97)(H,83,100)(H,84,105)(H,85,106)(H,86,107)(H,87,101)(H,88,102)(H,89,109)(H,90,110)(H,91,108)(H,92,103)(H,93,104)(H,94,111)(H,98,99)(H,113,114). The number of nitrogens with one attached hydrogen (secondary N) is 15. The van der Waals surface area contributed by atoms with Crippen LogP contribution in [0.1, 0.15) is 212 Å². The molecule has 26 N–H and O–H groups in total. The molecule has 0 radical (unpaired) electrons. The molecule has 15 amide bonds. The van der Waals surface area contributed by atoms with Gasteiger partial charge in [0.15, 0.2) is 0 Å². The zero-order valence-electron chi connectivity index (χ0n) is 68.8. The van der Waals surface area contributed by atoms with Crippen LogP contribution in [0.25, 0.3) is 0 Å². The van der Waals surface area contributed by atoms with Crippen molar-refractivity contribution in [2.75, 3.05) is 39.3 Å². The zero-order valence-corrected chi connectivity index (χ0v) is 68.8. The van der Waals surface area contributed by atoms with E-state index in [1.807, 2.05) is 41.5 Å². The van der Waals surface area contributed by atoms with Crippen molar-refractivity contribution in [1.82, 2.24) is 79.8 Å². The molecule has 1 fully saturated rings. The molecule has 1 saturated heterocycles. The van der Waals surface area contributed by atoms with E-state index in [9.17, 15) is 91.7 Å². The van der Waals surface area contributed by atoms with Crippen molar-refractivity contribution in [3.63, 3.8) is 0 Å². The molecule has 14 unspecified atom stereocenters. The molecule has 0 bridgehead atoms. The van der Waals surface area contributed by atoms with Crippen LogP contribution in [-0.4, -0.2) is 240 Å². The summed E-state index contributed by atoms with van der Waals surface area (Å²) in [5.41, 5.74) is 22.6. The average molecular weight is 1620 g/mol. The molecular formula is C75H135N19O20. The van der Waals surface area contributed by atoms with Gasteiger partial charge in [0.05, 0.1) is 25.6 Å². The zero-order chi connectivity index (χ0) is 86.6. The number of aliphatic hydroxyl groups excluding tert-OH is 1. The summed E-state index contributed by atoms with van der Waals surface area (Å²) in [6.45, 7) is 22.1. The van der Waals surface area contributed by atoms with Crippen molar-refractivity contribution < 1.29 is 96.8 Å². The van der Waals surface area contributed by atoms with Gasteiger partial charge in [-0.1, -0.05) is 83.1 Å². The molecule has 0 aromatic heterocycles. The van der Waals surface area contributed by atoms with Crippen LogP contribution in [0.4, 0.5) is 0 Å². The predicted octanol–water partition coefficient (Wildman–Crippen LogP) is -3.73. The first-order valence-corrected chi connectivity index (χ1v) is 39.9. The van der Waals surface area contributed by atoms with Gasteiger partial charge in [0.1, 0.15) is 78.5 Å². The van der Waals surface area contributed by atoms with Gasteiger partial charge in [-0.3, -0.25) is 76.7 Å². The number of hydrogen-bond donors (Lipinski definition) is 22. The Morgan fingerprint density at radius 3 is 1.00 bits per heavy atom. The maximum Gasteiger partial charge on any atom is 0.326 e. The van der Waals surface area contributed by atoms with Crippen molar-refractivity contribution in [2.45, 2.75) is 297 Å². The molecular weight excluding hydrogens is 1490 g/mol. The average Bonchev–Trinajstić information content (AvgIpc) is 0.968. The molecule has 0 spiro atoms. The summed E-state index contributed by atoms with van der Waals surface area (Å²) >= 11 is 0. The number of rotatable bonds is 58. The Balaban J connectivity index is 3.42. The van der Waals surface area contributed by atoms with Crippen molar-refractivity contribution in [2.24, 2.45) is 58.4 Å². The second-order valence-electron chi connectivity index (χ2n) is 31.7. The van der Waals surface area contributed by atoms with Gasteiger partial charge in [-0.25, -0.2) is 4.79 Å². The molecule has 1 aliphatic heterocycles. The Labute approximate surface area is 668 Å². The molecule has 0 saturated carbocycles. The van der Waals surface area contributed by atoms with Crippen LogP contribution in [0.3, 0.4) is 0 Å². The minimum atomic E-state index is -1.88. The normalized spacial score (nSPS) is 16.1. The highest BCUT2D eigenvalue weighted by molar-refractivity contribution is 6.00. The van der Waals surface area contributed by atoms with E-state index in [1.165, 1.54) is 20.8 Å². The number of primary amides is 1. The number of carbonyl (C=O) groups excluding carboxylic acids is 15. The number of aliphatic hydroxyl groups is 1. The van der Waals surface area contributed by atoms with E-state index in [4.69, 9.17) is 28.0 Å². The Morgan fingerprint density at radius 1 is 0.377 bits per heavy atom.